The Bertz CT molecular complexity index is 572. The van der Waals surface area contributed by atoms with Crippen LogP contribution in [0.2, 0.25) is 0 Å². The van der Waals surface area contributed by atoms with Gasteiger partial charge in [0, 0.05) is 13.6 Å². The lowest BCUT2D eigenvalue weighted by Gasteiger charge is -2.17. The van der Waals surface area contributed by atoms with Gasteiger partial charge in [-0.25, -0.2) is 0 Å². The number of rotatable bonds is 4. The third kappa shape index (κ3) is 3.73. The summed E-state index contributed by atoms with van der Waals surface area (Å²) in [6.07, 6.45) is 0. The summed E-state index contributed by atoms with van der Waals surface area (Å²) in [6, 6.07) is 14.5. The first kappa shape index (κ1) is 15.3. The van der Waals surface area contributed by atoms with Crippen LogP contribution >= 0.6 is 54.5 Å². The topological polar surface area (TPSA) is 9.23 Å². The molecule has 0 amide bonds. The highest BCUT2D eigenvalue weighted by atomic mass is 127. The van der Waals surface area contributed by atoms with Gasteiger partial charge in [0.05, 0.1) is 11.4 Å². The molecule has 19 heavy (non-hydrogen) atoms. The van der Waals surface area contributed by atoms with E-state index in [2.05, 4.69) is 84.8 Å². The highest BCUT2D eigenvalue weighted by Gasteiger charge is 2.17. The molecular weight excluding hydrogens is 483 g/mol. The first-order valence-corrected chi connectivity index (χ1v) is 8.73. The van der Waals surface area contributed by atoms with Crippen molar-refractivity contribution in [3.8, 4) is 5.75 Å². The predicted molar refractivity (Wildman–Crippen MR) is 95.2 cm³/mol. The standard InChI is InChI=1S/C15H13Br2IO/c1-2-19-14-8-7-10(16)9-12(14)15(17)11-5-3-4-6-13(11)18/h3-9,15H,2H2,1H3. The van der Waals surface area contributed by atoms with Gasteiger partial charge in [-0.05, 0) is 59.3 Å². The Morgan fingerprint density at radius 2 is 1.89 bits per heavy atom. The molecule has 0 aromatic heterocycles. The summed E-state index contributed by atoms with van der Waals surface area (Å²) in [6.45, 7) is 2.67. The Morgan fingerprint density at radius 3 is 2.58 bits per heavy atom. The van der Waals surface area contributed by atoms with Crippen molar-refractivity contribution in [3.63, 3.8) is 0 Å². The Balaban J connectivity index is 2.45. The van der Waals surface area contributed by atoms with Gasteiger partial charge >= 0.3 is 0 Å². The first-order chi connectivity index (χ1) is 9.13. The molecule has 2 aromatic carbocycles. The van der Waals surface area contributed by atoms with Gasteiger partial charge < -0.3 is 4.74 Å². The average molecular weight is 496 g/mol. The monoisotopic (exact) mass is 494 g/mol. The lowest BCUT2D eigenvalue weighted by atomic mass is 10.0. The van der Waals surface area contributed by atoms with Crippen molar-refractivity contribution in [2.24, 2.45) is 0 Å². The maximum absolute atomic E-state index is 5.72. The maximum atomic E-state index is 5.72. The van der Waals surface area contributed by atoms with E-state index < -0.39 is 0 Å². The van der Waals surface area contributed by atoms with E-state index in [0.29, 0.717) is 6.61 Å². The summed E-state index contributed by atoms with van der Waals surface area (Å²) in [5.74, 6) is 0.923. The van der Waals surface area contributed by atoms with Crippen LogP contribution in [-0.4, -0.2) is 6.61 Å². The van der Waals surface area contributed by atoms with Gasteiger partial charge in [-0.15, -0.1) is 0 Å². The Morgan fingerprint density at radius 1 is 1.16 bits per heavy atom. The normalized spacial score (nSPS) is 12.2. The van der Waals surface area contributed by atoms with E-state index in [4.69, 9.17) is 4.74 Å². The molecule has 0 saturated heterocycles. The van der Waals surface area contributed by atoms with Crippen LogP contribution in [0.3, 0.4) is 0 Å². The zero-order valence-electron chi connectivity index (χ0n) is 10.4. The molecule has 0 N–H and O–H groups in total. The van der Waals surface area contributed by atoms with Gasteiger partial charge in [-0.2, -0.15) is 0 Å². The molecule has 0 fully saturated rings. The number of alkyl halides is 1. The molecule has 100 valence electrons. The highest BCUT2D eigenvalue weighted by Crippen LogP contribution is 2.39. The maximum Gasteiger partial charge on any atom is 0.124 e. The van der Waals surface area contributed by atoms with Crippen LogP contribution in [0.25, 0.3) is 0 Å². The second-order valence-electron chi connectivity index (χ2n) is 4.00. The zero-order chi connectivity index (χ0) is 13.8. The first-order valence-electron chi connectivity index (χ1n) is 5.94. The number of hydrogen-bond donors (Lipinski definition) is 0. The third-order valence-electron chi connectivity index (χ3n) is 2.72. The summed E-state index contributed by atoms with van der Waals surface area (Å²) in [5, 5.41) is 0. The summed E-state index contributed by atoms with van der Waals surface area (Å²) in [7, 11) is 0. The van der Waals surface area contributed by atoms with Gasteiger partial charge in [0.2, 0.25) is 0 Å². The predicted octanol–water partition coefficient (Wildman–Crippen LogP) is 5.94. The van der Waals surface area contributed by atoms with Crippen LogP contribution < -0.4 is 4.74 Å². The van der Waals surface area contributed by atoms with Crippen molar-refractivity contribution < 1.29 is 4.74 Å². The second kappa shape index (κ2) is 7.09. The fourth-order valence-electron chi connectivity index (χ4n) is 1.85. The van der Waals surface area contributed by atoms with Crippen LogP contribution in [0.4, 0.5) is 0 Å². The van der Waals surface area contributed by atoms with E-state index >= 15 is 0 Å². The quantitative estimate of drug-likeness (QED) is 0.377. The van der Waals surface area contributed by atoms with Crippen molar-refractivity contribution in [3.05, 3.63) is 61.6 Å². The fraction of sp³-hybridized carbons (Fsp3) is 0.200. The summed E-state index contributed by atoms with van der Waals surface area (Å²) < 4.78 is 8.02. The molecular formula is C15H13Br2IO. The number of halogens is 3. The smallest absolute Gasteiger partial charge is 0.124 e. The van der Waals surface area contributed by atoms with Crippen molar-refractivity contribution in [2.75, 3.05) is 6.61 Å². The van der Waals surface area contributed by atoms with Gasteiger partial charge in [-0.1, -0.05) is 50.1 Å². The van der Waals surface area contributed by atoms with Crippen molar-refractivity contribution in [1.82, 2.24) is 0 Å². The molecule has 0 aliphatic heterocycles. The summed E-state index contributed by atoms with van der Waals surface area (Å²) in [5.41, 5.74) is 2.39. The highest BCUT2D eigenvalue weighted by molar-refractivity contribution is 14.1. The van der Waals surface area contributed by atoms with Crippen LogP contribution in [-0.2, 0) is 0 Å². The minimum absolute atomic E-state index is 0.125. The molecule has 0 aliphatic rings. The fourth-order valence-corrected chi connectivity index (χ4v) is 4.12. The van der Waals surface area contributed by atoms with Crippen LogP contribution in [0.1, 0.15) is 22.9 Å². The van der Waals surface area contributed by atoms with E-state index in [1.54, 1.807) is 0 Å². The SMILES string of the molecule is CCOc1ccc(Br)cc1C(Br)c1ccccc1I. The van der Waals surface area contributed by atoms with Crippen LogP contribution in [0, 0.1) is 3.57 Å². The molecule has 2 rings (SSSR count). The molecule has 0 bridgehead atoms. The molecule has 0 aliphatic carbocycles. The molecule has 2 aromatic rings. The lowest BCUT2D eigenvalue weighted by Crippen LogP contribution is -2.01. The van der Waals surface area contributed by atoms with Gasteiger partial charge in [0.25, 0.3) is 0 Å². The van der Waals surface area contributed by atoms with Crippen molar-refractivity contribution in [1.29, 1.82) is 0 Å². The Hall–Kier alpha value is -0.0700. The largest absolute Gasteiger partial charge is 0.494 e. The molecule has 4 heteroatoms. The minimum Gasteiger partial charge on any atom is -0.494 e. The lowest BCUT2D eigenvalue weighted by molar-refractivity contribution is 0.337. The number of ether oxygens (including phenoxy) is 1. The zero-order valence-corrected chi connectivity index (χ0v) is 15.7. The summed E-state index contributed by atoms with van der Waals surface area (Å²) >= 11 is 9.68. The minimum atomic E-state index is 0.125. The van der Waals surface area contributed by atoms with E-state index in [1.165, 1.54) is 9.13 Å². The van der Waals surface area contributed by atoms with Crippen molar-refractivity contribution >= 4 is 54.5 Å². The summed E-state index contributed by atoms with van der Waals surface area (Å²) in [4.78, 5) is 0.125. The third-order valence-corrected chi connectivity index (χ3v) is 5.19. The molecule has 1 atom stereocenters. The average Bonchev–Trinajstić information content (AvgIpc) is 2.41. The molecule has 1 unspecified atom stereocenters. The van der Waals surface area contributed by atoms with Gasteiger partial charge in [-0.3, -0.25) is 0 Å². The Kier molecular flexibility index (Phi) is 5.71. The van der Waals surface area contributed by atoms with E-state index in [1.807, 2.05) is 19.1 Å². The van der Waals surface area contributed by atoms with E-state index in [9.17, 15) is 0 Å². The molecule has 0 spiro atoms. The van der Waals surface area contributed by atoms with E-state index in [0.717, 1.165) is 15.8 Å². The molecule has 0 radical (unpaired) electrons. The molecule has 1 nitrogen and oxygen atoms in total. The van der Waals surface area contributed by atoms with Gasteiger partial charge in [0.15, 0.2) is 0 Å². The Labute approximate surface area is 144 Å². The van der Waals surface area contributed by atoms with Crippen LogP contribution in [0.5, 0.6) is 5.75 Å². The molecule has 0 saturated carbocycles. The number of benzene rings is 2. The van der Waals surface area contributed by atoms with E-state index in [-0.39, 0.29) is 4.83 Å². The van der Waals surface area contributed by atoms with Crippen LogP contribution in [0.15, 0.2) is 46.9 Å². The second-order valence-corrected chi connectivity index (χ2v) is 6.99. The number of hydrogen-bond acceptors (Lipinski definition) is 1. The molecule has 0 heterocycles. The van der Waals surface area contributed by atoms with Crippen molar-refractivity contribution in [2.45, 2.75) is 11.8 Å². The van der Waals surface area contributed by atoms with Gasteiger partial charge in [0.1, 0.15) is 5.75 Å².